The molecule has 1 aromatic heterocycles. The minimum absolute atomic E-state index is 0.151. The van der Waals surface area contributed by atoms with Crippen LogP contribution in [0.15, 0.2) is 6.20 Å². The van der Waals surface area contributed by atoms with Gasteiger partial charge in [-0.05, 0) is 32.1 Å². The highest BCUT2D eigenvalue weighted by Gasteiger charge is 2.32. The molecule has 1 aromatic rings. The van der Waals surface area contributed by atoms with E-state index in [1.54, 1.807) is 11.3 Å². The molecular formula is C16H25N3O2S. The SMILES string of the molecule is COC(=O)CCc1cnc(N2CCC[C@H]2N2CCCCC2)s1. The molecule has 22 heavy (non-hydrogen) atoms. The van der Waals surface area contributed by atoms with Gasteiger partial charge < -0.3 is 9.64 Å². The third-order valence-corrected chi connectivity index (χ3v) is 5.72. The normalized spacial score (nSPS) is 23.0. The van der Waals surface area contributed by atoms with Crippen molar-refractivity contribution >= 4 is 22.4 Å². The van der Waals surface area contributed by atoms with Gasteiger partial charge in [-0.2, -0.15) is 0 Å². The van der Waals surface area contributed by atoms with Crippen LogP contribution in [0.25, 0.3) is 0 Å². The first-order valence-electron chi connectivity index (χ1n) is 8.30. The molecule has 0 N–H and O–H groups in total. The smallest absolute Gasteiger partial charge is 0.305 e. The highest BCUT2D eigenvalue weighted by molar-refractivity contribution is 7.15. The summed E-state index contributed by atoms with van der Waals surface area (Å²) in [6.07, 6.45) is 10.1. The average molecular weight is 323 g/mol. The van der Waals surface area contributed by atoms with Gasteiger partial charge in [0.15, 0.2) is 5.13 Å². The predicted molar refractivity (Wildman–Crippen MR) is 88.2 cm³/mol. The van der Waals surface area contributed by atoms with Gasteiger partial charge in [0.05, 0.1) is 19.7 Å². The summed E-state index contributed by atoms with van der Waals surface area (Å²) in [6.45, 7) is 3.55. The molecule has 0 spiro atoms. The largest absolute Gasteiger partial charge is 0.469 e. The van der Waals surface area contributed by atoms with Crippen LogP contribution in [-0.4, -0.2) is 48.8 Å². The second kappa shape index (κ2) is 7.42. The molecule has 5 nitrogen and oxygen atoms in total. The molecule has 2 fully saturated rings. The average Bonchev–Trinajstić information content (AvgIpc) is 3.22. The zero-order valence-electron chi connectivity index (χ0n) is 13.3. The van der Waals surface area contributed by atoms with Gasteiger partial charge in [0, 0.05) is 30.7 Å². The number of hydrogen-bond acceptors (Lipinski definition) is 6. The van der Waals surface area contributed by atoms with E-state index < -0.39 is 0 Å². The Morgan fingerprint density at radius 3 is 2.91 bits per heavy atom. The highest BCUT2D eigenvalue weighted by Crippen LogP contribution is 2.32. The van der Waals surface area contributed by atoms with Crippen LogP contribution in [0.4, 0.5) is 5.13 Å². The summed E-state index contributed by atoms with van der Waals surface area (Å²) in [5.41, 5.74) is 0. The topological polar surface area (TPSA) is 45.7 Å². The van der Waals surface area contributed by atoms with E-state index in [9.17, 15) is 4.79 Å². The van der Waals surface area contributed by atoms with Gasteiger partial charge in [0.2, 0.25) is 0 Å². The quantitative estimate of drug-likeness (QED) is 0.780. The standard InChI is InChI=1S/C16H25N3O2S/c1-21-15(20)8-7-13-12-17-16(22-13)19-11-5-6-14(19)18-9-3-2-4-10-18/h12,14H,2-11H2,1H3/t14-/m0/s1. The lowest BCUT2D eigenvalue weighted by atomic mass is 10.1. The number of nitrogens with zero attached hydrogens (tertiary/aromatic N) is 3. The van der Waals surface area contributed by atoms with Gasteiger partial charge in [-0.1, -0.05) is 6.42 Å². The maximum atomic E-state index is 11.3. The number of thiazole rings is 1. The van der Waals surface area contributed by atoms with Gasteiger partial charge in [-0.15, -0.1) is 11.3 Å². The van der Waals surface area contributed by atoms with Crippen molar-refractivity contribution in [3.63, 3.8) is 0 Å². The number of aryl methyl sites for hydroxylation is 1. The van der Waals surface area contributed by atoms with Gasteiger partial charge in [0.1, 0.15) is 0 Å². The Morgan fingerprint density at radius 2 is 2.14 bits per heavy atom. The summed E-state index contributed by atoms with van der Waals surface area (Å²) in [4.78, 5) is 22.1. The molecule has 6 heteroatoms. The molecule has 2 saturated heterocycles. The molecule has 122 valence electrons. The summed E-state index contributed by atoms with van der Waals surface area (Å²) in [6, 6.07) is 0. The monoisotopic (exact) mass is 323 g/mol. The first kappa shape index (κ1) is 15.7. The van der Waals surface area contributed by atoms with Crippen molar-refractivity contribution in [3.8, 4) is 0 Å². The number of carbonyl (C=O) groups excluding carboxylic acids is 1. The number of anilines is 1. The Hall–Kier alpha value is -1.14. The van der Waals surface area contributed by atoms with Crippen molar-refractivity contribution < 1.29 is 9.53 Å². The molecule has 2 aliphatic rings. The van der Waals surface area contributed by atoms with Gasteiger partial charge >= 0.3 is 5.97 Å². The Labute approximate surface area is 136 Å². The fourth-order valence-electron chi connectivity index (χ4n) is 3.44. The van der Waals surface area contributed by atoms with Crippen LogP contribution in [0.1, 0.15) is 43.4 Å². The van der Waals surface area contributed by atoms with Gasteiger partial charge in [0.25, 0.3) is 0 Å². The Balaban J connectivity index is 1.62. The number of hydrogen-bond donors (Lipinski definition) is 0. The minimum atomic E-state index is -0.151. The van der Waals surface area contributed by atoms with Crippen LogP contribution in [0.5, 0.6) is 0 Å². The third kappa shape index (κ3) is 3.60. The molecular weight excluding hydrogens is 298 g/mol. The number of carbonyl (C=O) groups is 1. The van der Waals surface area contributed by atoms with Crippen LogP contribution >= 0.6 is 11.3 Å². The summed E-state index contributed by atoms with van der Waals surface area (Å²) in [7, 11) is 1.44. The fraction of sp³-hybridized carbons (Fsp3) is 0.750. The van der Waals surface area contributed by atoms with Crippen LogP contribution in [0, 0.1) is 0 Å². The number of piperidine rings is 1. The number of methoxy groups -OCH3 is 1. The Kier molecular flexibility index (Phi) is 5.31. The number of rotatable bonds is 5. The van der Waals surface area contributed by atoms with E-state index in [0.717, 1.165) is 18.1 Å². The second-order valence-electron chi connectivity index (χ2n) is 6.10. The van der Waals surface area contributed by atoms with Gasteiger partial charge in [-0.25, -0.2) is 4.98 Å². The third-order valence-electron chi connectivity index (χ3n) is 4.62. The van der Waals surface area contributed by atoms with Crippen LogP contribution in [0.3, 0.4) is 0 Å². The number of ether oxygens (including phenoxy) is 1. The molecule has 0 radical (unpaired) electrons. The van der Waals surface area contributed by atoms with Crippen LogP contribution in [0.2, 0.25) is 0 Å². The lowest BCUT2D eigenvalue weighted by molar-refractivity contribution is -0.140. The van der Waals surface area contributed by atoms with Crippen LogP contribution in [-0.2, 0) is 16.0 Å². The second-order valence-corrected chi connectivity index (χ2v) is 7.19. The molecule has 0 amide bonds. The lowest BCUT2D eigenvalue weighted by Gasteiger charge is -2.37. The molecule has 1 atom stereocenters. The fourth-order valence-corrected chi connectivity index (χ4v) is 4.42. The molecule has 2 aliphatic heterocycles. The lowest BCUT2D eigenvalue weighted by Crippen LogP contribution is -2.47. The summed E-state index contributed by atoms with van der Waals surface area (Å²) < 4.78 is 4.70. The van der Waals surface area contributed by atoms with Crippen molar-refractivity contribution in [2.45, 2.75) is 51.1 Å². The minimum Gasteiger partial charge on any atom is -0.469 e. The van der Waals surface area contributed by atoms with E-state index in [4.69, 9.17) is 4.74 Å². The number of aromatic nitrogens is 1. The summed E-state index contributed by atoms with van der Waals surface area (Å²) >= 11 is 1.73. The molecule has 0 bridgehead atoms. The zero-order valence-corrected chi connectivity index (χ0v) is 14.1. The van der Waals surface area contributed by atoms with Crippen molar-refractivity contribution in [1.82, 2.24) is 9.88 Å². The molecule has 0 unspecified atom stereocenters. The highest BCUT2D eigenvalue weighted by atomic mass is 32.1. The van der Waals surface area contributed by atoms with Crippen molar-refractivity contribution in [1.29, 1.82) is 0 Å². The molecule has 0 saturated carbocycles. The molecule has 3 rings (SSSR count). The summed E-state index contributed by atoms with van der Waals surface area (Å²) in [5.74, 6) is -0.151. The first-order valence-corrected chi connectivity index (χ1v) is 9.12. The maximum absolute atomic E-state index is 11.3. The zero-order chi connectivity index (χ0) is 15.4. The molecule has 0 aromatic carbocycles. The van der Waals surface area contributed by atoms with E-state index in [2.05, 4.69) is 14.8 Å². The molecule has 3 heterocycles. The van der Waals surface area contributed by atoms with E-state index in [1.165, 1.54) is 57.2 Å². The van der Waals surface area contributed by atoms with Crippen molar-refractivity contribution in [2.75, 3.05) is 31.6 Å². The number of esters is 1. The van der Waals surface area contributed by atoms with E-state index >= 15 is 0 Å². The van der Waals surface area contributed by atoms with Gasteiger partial charge in [-0.3, -0.25) is 9.69 Å². The van der Waals surface area contributed by atoms with Crippen molar-refractivity contribution in [3.05, 3.63) is 11.1 Å². The van der Waals surface area contributed by atoms with Crippen molar-refractivity contribution in [2.24, 2.45) is 0 Å². The molecule has 0 aliphatic carbocycles. The number of likely N-dealkylation sites (tertiary alicyclic amines) is 1. The summed E-state index contributed by atoms with van der Waals surface area (Å²) in [5, 5.41) is 1.12. The maximum Gasteiger partial charge on any atom is 0.305 e. The Morgan fingerprint density at radius 1 is 1.32 bits per heavy atom. The first-order chi connectivity index (χ1) is 10.8. The van der Waals surface area contributed by atoms with Crippen LogP contribution < -0.4 is 4.90 Å². The van der Waals surface area contributed by atoms with E-state index in [1.807, 2.05) is 6.20 Å². The van der Waals surface area contributed by atoms with E-state index in [0.29, 0.717) is 12.6 Å². The predicted octanol–water partition coefficient (Wildman–Crippen LogP) is 2.66. The Bertz CT molecular complexity index is 499. The van der Waals surface area contributed by atoms with E-state index in [-0.39, 0.29) is 5.97 Å².